The molecule has 0 atom stereocenters. The van der Waals surface area contributed by atoms with Crippen molar-refractivity contribution < 1.29 is 22.7 Å². The minimum Gasteiger partial charge on any atom is -0.486 e. The molecular weight excluding hydrogens is 362 g/mol. The molecule has 0 spiro atoms. The van der Waals surface area contributed by atoms with Gasteiger partial charge in [-0.15, -0.1) is 0 Å². The number of alkyl halides is 1. The summed E-state index contributed by atoms with van der Waals surface area (Å²) in [7, 11) is -3.78. The molecule has 114 valence electrons. The number of carbonyl (C=O) groups excluding carboxylic acids is 1. The molecule has 0 aromatic heterocycles. The quantitative estimate of drug-likeness (QED) is 0.592. The Bertz CT molecular complexity index is 688. The maximum atomic E-state index is 12.5. The molecule has 0 radical (unpaired) electrons. The number of rotatable bonds is 4. The highest BCUT2D eigenvalue weighted by atomic mass is 79.9. The molecule has 8 heteroatoms. The smallest absolute Gasteiger partial charge is 0.272 e. The zero-order valence-corrected chi connectivity index (χ0v) is 13.6. The summed E-state index contributed by atoms with van der Waals surface area (Å²) < 4.78 is 36.7. The Hall–Kier alpha value is -1.28. The zero-order chi connectivity index (χ0) is 15.0. The van der Waals surface area contributed by atoms with E-state index in [1.54, 1.807) is 6.07 Å². The molecule has 0 aliphatic carbocycles. The summed E-state index contributed by atoms with van der Waals surface area (Å²) in [4.78, 5) is 12.5. The van der Waals surface area contributed by atoms with Crippen molar-refractivity contribution in [1.82, 2.24) is 4.31 Å². The van der Waals surface area contributed by atoms with Crippen molar-refractivity contribution >= 4 is 31.9 Å². The Labute approximate surface area is 131 Å². The summed E-state index contributed by atoms with van der Waals surface area (Å²) in [5.41, 5.74) is 0.103. The molecule has 0 saturated carbocycles. The molecule has 0 unspecified atom stereocenters. The fraction of sp³-hybridized carbons (Fsp3) is 0.462. The van der Waals surface area contributed by atoms with E-state index >= 15 is 0 Å². The van der Waals surface area contributed by atoms with Crippen molar-refractivity contribution in [2.75, 3.05) is 25.1 Å². The Balaban J connectivity index is 2.03. The van der Waals surface area contributed by atoms with Crippen LogP contribution in [0.5, 0.6) is 11.5 Å². The topological polar surface area (TPSA) is 72.9 Å². The molecule has 1 aromatic rings. The molecule has 1 amide bonds. The van der Waals surface area contributed by atoms with E-state index in [1.807, 2.05) is 0 Å². The first-order valence-corrected chi connectivity index (χ1v) is 9.19. The summed E-state index contributed by atoms with van der Waals surface area (Å²) in [6.45, 7) is 0.874. The molecule has 2 aliphatic heterocycles. The molecule has 2 heterocycles. The van der Waals surface area contributed by atoms with Crippen molar-refractivity contribution in [3.05, 3.63) is 17.7 Å². The van der Waals surface area contributed by atoms with Gasteiger partial charge in [0.2, 0.25) is 0 Å². The first-order valence-electron chi connectivity index (χ1n) is 6.63. The normalized spacial score (nSPS) is 18.7. The van der Waals surface area contributed by atoms with Gasteiger partial charge in [-0.25, -0.2) is 12.7 Å². The van der Waals surface area contributed by atoms with E-state index in [0.717, 1.165) is 16.1 Å². The number of ether oxygens (including phenoxy) is 2. The average Bonchev–Trinajstić information content (AvgIpc) is 2.68. The van der Waals surface area contributed by atoms with Crippen LogP contribution in [-0.2, 0) is 10.0 Å². The zero-order valence-electron chi connectivity index (χ0n) is 11.2. The van der Waals surface area contributed by atoms with Crippen molar-refractivity contribution in [3.8, 4) is 11.5 Å². The number of benzene rings is 1. The number of sulfonamides is 1. The van der Waals surface area contributed by atoms with E-state index in [-0.39, 0.29) is 22.8 Å². The number of hydrogen-bond donors (Lipinski definition) is 0. The minimum absolute atomic E-state index is 0.00981. The molecule has 0 N–H and O–H groups in total. The van der Waals surface area contributed by atoms with Crippen LogP contribution >= 0.6 is 15.9 Å². The van der Waals surface area contributed by atoms with Crippen LogP contribution in [0.1, 0.15) is 23.2 Å². The highest BCUT2D eigenvalue weighted by molar-refractivity contribution is 9.09. The number of carbonyl (C=O) groups is 1. The Morgan fingerprint density at radius 2 is 1.95 bits per heavy atom. The van der Waals surface area contributed by atoms with E-state index in [4.69, 9.17) is 9.47 Å². The number of amides is 1. The van der Waals surface area contributed by atoms with Crippen LogP contribution in [-0.4, -0.2) is 43.7 Å². The van der Waals surface area contributed by atoms with Gasteiger partial charge in [0, 0.05) is 11.9 Å². The van der Waals surface area contributed by atoms with Gasteiger partial charge in [0.15, 0.2) is 11.5 Å². The summed E-state index contributed by atoms with van der Waals surface area (Å²) in [5, 5.41) is 0.772. The van der Waals surface area contributed by atoms with Gasteiger partial charge in [-0.3, -0.25) is 4.79 Å². The van der Waals surface area contributed by atoms with E-state index in [9.17, 15) is 13.2 Å². The molecule has 0 saturated heterocycles. The molecule has 6 nitrogen and oxygen atoms in total. The van der Waals surface area contributed by atoms with Gasteiger partial charge < -0.3 is 9.47 Å². The fourth-order valence-electron chi connectivity index (χ4n) is 2.44. The fourth-order valence-corrected chi connectivity index (χ4v) is 4.43. The Morgan fingerprint density at radius 1 is 1.19 bits per heavy atom. The lowest BCUT2D eigenvalue weighted by Gasteiger charge is -2.19. The highest BCUT2D eigenvalue weighted by Crippen LogP contribution is 2.43. The van der Waals surface area contributed by atoms with Crippen molar-refractivity contribution in [2.24, 2.45) is 0 Å². The van der Waals surface area contributed by atoms with Crippen LogP contribution in [0.4, 0.5) is 0 Å². The predicted molar refractivity (Wildman–Crippen MR) is 78.7 cm³/mol. The van der Waals surface area contributed by atoms with Crippen molar-refractivity contribution in [3.63, 3.8) is 0 Å². The van der Waals surface area contributed by atoms with E-state index < -0.39 is 15.9 Å². The van der Waals surface area contributed by atoms with Gasteiger partial charge in [0.05, 0.1) is 0 Å². The number of unbranched alkanes of at least 4 members (excludes halogenated alkanes) is 1. The predicted octanol–water partition coefficient (Wildman–Crippen LogP) is 1.78. The molecule has 21 heavy (non-hydrogen) atoms. The largest absolute Gasteiger partial charge is 0.486 e. The first kappa shape index (κ1) is 14.6. The molecule has 1 aromatic carbocycles. The number of fused-ring (bicyclic) bond motifs is 3. The maximum absolute atomic E-state index is 12.5. The van der Waals surface area contributed by atoms with Crippen molar-refractivity contribution in [2.45, 2.75) is 17.7 Å². The Kier molecular flexibility index (Phi) is 3.83. The lowest BCUT2D eigenvalue weighted by atomic mass is 10.1. The summed E-state index contributed by atoms with van der Waals surface area (Å²) in [5.74, 6) is 0.142. The third kappa shape index (κ3) is 2.30. The van der Waals surface area contributed by atoms with Crippen LogP contribution in [0, 0.1) is 0 Å². The lowest BCUT2D eigenvalue weighted by Crippen LogP contribution is -2.31. The highest BCUT2D eigenvalue weighted by Gasteiger charge is 2.44. The van der Waals surface area contributed by atoms with Crippen LogP contribution in [0.25, 0.3) is 0 Å². The molecular formula is C13H14BrNO5S. The number of halogens is 1. The summed E-state index contributed by atoms with van der Waals surface area (Å²) >= 11 is 3.29. The maximum Gasteiger partial charge on any atom is 0.272 e. The monoisotopic (exact) mass is 375 g/mol. The summed E-state index contributed by atoms with van der Waals surface area (Å²) in [6.07, 6.45) is 1.41. The van der Waals surface area contributed by atoms with Gasteiger partial charge in [-0.1, -0.05) is 15.9 Å². The van der Waals surface area contributed by atoms with Crippen LogP contribution in [0.3, 0.4) is 0 Å². The second kappa shape index (κ2) is 5.49. The van der Waals surface area contributed by atoms with E-state index in [1.165, 1.54) is 6.07 Å². The summed E-state index contributed by atoms with van der Waals surface area (Å²) in [6, 6.07) is 2.96. The second-order valence-corrected chi connectivity index (χ2v) is 7.37. The molecule has 3 rings (SSSR count). The number of nitrogens with zero attached hydrogens (tertiary/aromatic N) is 1. The van der Waals surface area contributed by atoms with Gasteiger partial charge in [-0.2, -0.15) is 0 Å². The Morgan fingerprint density at radius 3 is 2.71 bits per heavy atom. The lowest BCUT2D eigenvalue weighted by molar-refractivity contribution is 0.0860. The first-order chi connectivity index (χ1) is 10.1. The number of hydrogen-bond acceptors (Lipinski definition) is 5. The van der Waals surface area contributed by atoms with Crippen molar-refractivity contribution in [1.29, 1.82) is 0 Å². The third-order valence-electron chi connectivity index (χ3n) is 3.42. The molecule has 0 fully saturated rings. The van der Waals surface area contributed by atoms with Gasteiger partial charge in [0.25, 0.3) is 15.9 Å². The SMILES string of the molecule is O=C1c2c(ccc3c2OCCO3)S(=O)(=O)N1CCCCBr. The van der Waals surface area contributed by atoms with Crippen LogP contribution in [0.2, 0.25) is 0 Å². The molecule has 2 aliphatic rings. The van der Waals surface area contributed by atoms with E-state index in [0.29, 0.717) is 25.4 Å². The third-order valence-corrected chi connectivity index (χ3v) is 5.81. The van der Waals surface area contributed by atoms with Crippen LogP contribution < -0.4 is 9.47 Å². The van der Waals surface area contributed by atoms with Crippen LogP contribution in [0.15, 0.2) is 17.0 Å². The average molecular weight is 376 g/mol. The van der Waals surface area contributed by atoms with Gasteiger partial charge in [-0.05, 0) is 25.0 Å². The van der Waals surface area contributed by atoms with Gasteiger partial charge >= 0.3 is 0 Å². The molecule has 0 bridgehead atoms. The van der Waals surface area contributed by atoms with E-state index in [2.05, 4.69) is 15.9 Å². The second-order valence-electron chi connectivity index (χ2n) is 4.74. The minimum atomic E-state index is -3.78. The standard InChI is InChI=1S/C13H14BrNO5S/c14-5-1-2-6-15-13(16)11-10(21(15,17)18)4-3-9-12(11)20-8-7-19-9/h3-4H,1-2,5-8H2. The van der Waals surface area contributed by atoms with Gasteiger partial charge in [0.1, 0.15) is 23.7 Å².